The monoisotopic (exact) mass is 321 g/mol. The van der Waals surface area contributed by atoms with Crippen molar-refractivity contribution < 1.29 is 9.90 Å². The maximum absolute atomic E-state index is 10.3. The van der Waals surface area contributed by atoms with E-state index in [1.807, 2.05) is 0 Å². The Bertz CT molecular complexity index is 239. The average molecular weight is 322 g/mol. The van der Waals surface area contributed by atoms with Crippen LogP contribution in [0.5, 0.6) is 0 Å². The Morgan fingerprint density at radius 3 is 1.67 bits per heavy atom. The van der Waals surface area contributed by atoms with Crippen molar-refractivity contribution in [1.29, 1.82) is 0 Å². The van der Waals surface area contributed by atoms with Crippen LogP contribution in [0.1, 0.15) is 96.8 Å². The molecule has 0 aromatic carbocycles. The van der Waals surface area contributed by atoms with Gasteiger partial charge >= 0.3 is 5.97 Å². The summed E-state index contributed by atoms with van der Waals surface area (Å²) in [5, 5.41) is 8.51. The van der Waals surface area contributed by atoms with Crippen LogP contribution in [-0.2, 0) is 4.79 Å². The molecule has 0 heterocycles. The quantitative estimate of drug-likeness (QED) is 0.238. The van der Waals surface area contributed by atoms with Crippen LogP contribution in [0.2, 0.25) is 0 Å². The van der Waals surface area contributed by atoms with Gasteiger partial charge in [-0.15, -0.1) is 0 Å². The number of carboxylic acid groups (broad SMARTS) is 1. The summed E-state index contributed by atoms with van der Waals surface area (Å²) in [5.41, 5.74) is 0. The van der Waals surface area contributed by atoms with Crippen LogP contribution in [0.3, 0.4) is 0 Å². The average Bonchev–Trinajstić information content (AvgIpc) is 2.43. The van der Waals surface area contributed by atoms with E-state index in [9.17, 15) is 4.79 Å². The minimum Gasteiger partial charge on any atom is -0.481 e. The van der Waals surface area contributed by atoms with E-state index >= 15 is 0 Å². The van der Waals surface area contributed by atoms with Gasteiger partial charge in [0.15, 0.2) is 0 Å². The predicted molar refractivity (Wildman–Crippen MR) is 92.8 cm³/mol. The van der Waals surface area contributed by atoms with Gasteiger partial charge in [0.1, 0.15) is 0 Å². The van der Waals surface area contributed by atoms with Crippen LogP contribution < -0.4 is 0 Å². The molecule has 1 N–H and O–H groups in total. The SMILES string of the molecule is CCCCCCCC/C=C\CCCCCCCC(=O)O.[K]. The molecular formula is C18H34KO2. The second-order valence-corrected chi connectivity index (χ2v) is 5.73. The molecule has 0 amide bonds. The van der Waals surface area contributed by atoms with E-state index in [1.165, 1.54) is 70.6 Å². The molecule has 0 fully saturated rings. The molecule has 0 aliphatic carbocycles. The minimum absolute atomic E-state index is 0. The molecule has 0 atom stereocenters. The zero-order valence-electron chi connectivity index (χ0n) is 14.4. The number of allylic oxidation sites excluding steroid dienone is 2. The number of rotatable bonds is 15. The Morgan fingerprint density at radius 1 is 0.762 bits per heavy atom. The summed E-state index contributed by atoms with van der Waals surface area (Å²) >= 11 is 0. The molecule has 0 saturated carbocycles. The Hall–Kier alpha value is 0.846. The van der Waals surface area contributed by atoms with Crippen molar-refractivity contribution in [3.63, 3.8) is 0 Å². The molecule has 21 heavy (non-hydrogen) atoms. The zero-order chi connectivity index (χ0) is 14.9. The summed E-state index contributed by atoms with van der Waals surface area (Å²) in [5.74, 6) is -0.664. The van der Waals surface area contributed by atoms with Gasteiger partial charge in [0.05, 0.1) is 0 Å². The van der Waals surface area contributed by atoms with Gasteiger partial charge in [-0.25, -0.2) is 0 Å². The van der Waals surface area contributed by atoms with Gasteiger partial charge in [-0.2, -0.15) is 0 Å². The first kappa shape index (κ1) is 24.1. The zero-order valence-corrected chi connectivity index (χ0v) is 17.5. The van der Waals surface area contributed by atoms with Crippen molar-refractivity contribution in [2.75, 3.05) is 0 Å². The molecule has 2 nitrogen and oxygen atoms in total. The van der Waals surface area contributed by atoms with Gasteiger partial charge in [0.25, 0.3) is 0 Å². The van der Waals surface area contributed by atoms with Gasteiger partial charge in [0.2, 0.25) is 0 Å². The van der Waals surface area contributed by atoms with Crippen molar-refractivity contribution in [3.8, 4) is 0 Å². The first-order chi connectivity index (χ1) is 9.77. The van der Waals surface area contributed by atoms with Crippen LogP contribution in [0.15, 0.2) is 12.2 Å². The van der Waals surface area contributed by atoms with Gasteiger partial charge < -0.3 is 5.11 Å². The molecule has 119 valence electrons. The number of carbonyl (C=O) groups is 1. The van der Waals surface area contributed by atoms with Gasteiger partial charge in [-0.3, -0.25) is 4.79 Å². The predicted octanol–water partition coefficient (Wildman–Crippen LogP) is 5.73. The smallest absolute Gasteiger partial charge is 0.303 e. The minimum atomic E-state index is -0.664. The first-order valence-corrected chi connectivity index (χ1v) is 8.64. The first-order valence-electron chi connectivity index (χ1n) is 8.64. The van der Waals surface area contributed by atoms with Gasteiger partial charge in [-0.05, 0) is 32.1 Å². The Balaban J connectivity index is 0. The largest absolute Gasteiger partial charge is 0.481 e. The Kier molecular flexibility index (Phi) is 23.9. The number of hydrogen-bond donors (Lipinski definition) is 1. The van der Waals surface area contributed by atoms with Gasteiger partial charge in [-0.1, -0.05) is 70.4 Å². The third-order valence-corrected chi connectivity index (χ3v) is 3.65. The van der Waals surface area contributed by atoms with Crippen LogP contribution in [0.4, 0.5) is 0 Å². The molecule has 0 aliphatic heterocycles. The van der Waals surface area contributed by atoms with E-state index in [0.717, 1.165) is 12.8 Å². The van der Waals surface area contributed by atoms with Crippen molar-refractivity contribution in [2.45, 2.75) is 96.8 Å². The summed E-state index contributed by atoms with van der Waals surface area (Å²) in [6.07, 6.45) is 21.2. The van der Waals surface area contributed by atoms with Crippen molar-refractivity contribution in [1.82, 2.24) is 0 Å². The molecule has 0 aromatic rings. The second kappa shape index (κ2) is 20.8. The van der Waals surface area contributed by atoms with Crippen molar-refractivity contribution >= 4 is 57.4 Å². The third-order valence-electron chi connectivity index (χ3n) is 3.65. The van der Waals surface area contributed by atoms with Crippen LogP contribution in [-0.4, -0.2) is 62.5 Å². The number of aliphatic carboxylic acids is 1. The summed E-state index contributed by atoms with van der Waals surface area (Å²) < 4.78 is 0. The van der Waals surface area contributed by atoms with E-state index in [2.05, 4.69) is 19.1 Å². The number of carboxylic acids is 1. The van der Waals surface area contributed by atoms with E-state index in [1.54, 1.807) is 0 Å². The second-order valence-electron chi connectivity index (χ2n) is 5.73. The van der Waals surface area contributed by atoms with Crippen LogP contribution in [0, 0.1) is 0 Å². The fourth-order valence-corrected chi connectivity index (χ4v) is 2.35. The third kappa shape index (κ3) is 23.2. The van der Waals surface area contributed by atoms with E-state index in [0.29, 0.717) is 6.42 Å². The topological polar surface area (TPSA) is 37.3 Å². The fraction of sp³-hybridized carbons (Fsp3) is 0.833. The molecule has 0 aliphatic rings. The van der Waals surface area contributed by atoms with Crippen LogP contribution in [0.25, 0.3) is 0 Å². The van der Waals surface area contributed by atoms with E-state index in [-0.39, 0.29) is 51.4 Å². The standard InChI is InChI=1S/C18H34O2.K/c1-2-3-4-5-6-7-8-9-10-11-12-13-14-15-16-17-18(19)20;/h9-10H,2-8,11-17H2,1H3,(H,19,20);/b10-9-;. The fourth-order valence-electron chi connectivity index (χ4n) is 2.35. The maximum atomic E-state index is 10.3. The van der Waals surface area contributed by atoms with Crippen molar-refractivity contribution in [2.24, 2.45) is 0 Å². The van der Waals surface area contributed by atoms with Crippen LogP contribution >= 0.6 is 0 Å². The van der Waals surface area contributed by atoms with Crippen molar-refractivity contribution in [3.05, 3.63) is 12.2 Å². The molecule has 0 spiro atoms. The normalized spacial score (nSPS) is 10.7. The molecular weight excluding hydrogens is 287 g/mol. The summed E-state index contributed by atoms with van der Waals surface area (Å²) in [6, 6.07) is 0. The summed E-state index contributed by atoms with van der Waals surface area (Å²) in [7, 11) is 0. The molecule has 0 unspecified atom stereocenters. The number of hydrogen-bond acceptors (Lipinski definition) is 1. The van der Waals surface area contributed by atoms with E-state index in [4.69, 9.17) is 5.11 Å². The molecule has 0 bridgehead atoms. The van der Waals surface area contributed by atoms with E-state index < -0.39 is 5.97 Å². The molecule has 0 rings (SSSR count). The summed E-state index contributed by atoms with van der Waals surface area (Å²) in [4.78, 5) is 10.3. The maximum Gasteiger partial charge on any atom is 0.303 e. The Labute approximate surface area is 174 Å². The molecule has 1 radical (unpaired) electrons. The summed E-state index contributed by atoms with van der Waals surface area (Å²) in [6.45, 7) is 2.26. The molecule has 0 aromatic heterocycles. The molecule has 0 saturated heterocycles. The number of unbranched alkanes of at least 4 members (excludes halogenated alkanes) is 11. The molecule has 3 heteroatoms. The van der Waals surface area contributed by atoms with Gasteiger partial charge in [0, 0.05) is 57.8 Å². The Morgan fingerprint density at radius 2 is 1.19 bits per heavy atom.